The molecular weight excluding hydrogens is 298 g/mol. The highest BCUT2D eigenvalue weighted by atomic mass is 16.5. The molecule has 2 aromatic rings. The number of hydrogen-bond acceptors (Lipinski definition) is 8. The Morgan fingerprint density at radius 2 is 1.43 bits per heavy atom. The van der Waals surface area contributed by atoms with Crippen molar-refractivity contribution in [1.82, 2.24) is 20.4 Å². The Morgan fingerprint density at radius 1 is 0.826 bits per heavy atom. The molecule has 0 amide bonds. The summed E-state index contributed by atoms with van der Waals surface area (Å²) in [4.78, 5) is 0. The van der Waals surface area contributed by atoms with E-state index in [1.807, 2.05) is 24.3 Å². The van der Waals surface area contributed by atoms with Crippen LogP contribution in [-0.4, -0.2) is 60.0 Å². The molecule has 23 heavy (non-hydrogen) atoms. The first-order valence-corrected chi connectivity index (χ1v) is 7.42. The van der Waals surface area contributed by atoms with Gasteiger partial charge in [-0.2, -0.15) is 0 Å². The van der Waals surface area contributed by atoms with Crippen molar-refractivity contribution >= 4 is 0 Å². The maximum atomic E-state index is 5.59. The molecular formula is C15H21N5O3. The largest absolute Gasteiger partial charge is 0.491 e. The summed E-state index contributed by atoms with van der Waals surface area (Å²) in [5, 5.41) is 15.8. The fourth-order valence-corrected chi connectivity index (χ4v) is 1.72. The molecule has 2 rings (SSSR count). The molecule has 0 bridgehead atoms. The average Bonchev–Trinajstić information content (AvgIpc) is 2.59. The topological polar surface area (TPSA) is 105 Å². The van der Waals surface area contributed by atoms with Crippen LogP contribution in [0.25, 0.3) is 11.4 Å². The van der Waals surface area contributed by atoms with Gasteiger partial charge in [0.25, 0.3) is 0 Å². The molecule has 0 aliphatic carbocycles. The van der Waals surface area contributed by atoms with Crippen LogP contribution < -0.4 is 10.5 Å². The number of benzene rings is 1. The highest BCUT2D eigenvalue weighted by molar-refractivity contribution is 5.54. The lowest BCUT2D eigenvalue weighted by molar-refractivity contribution is 0.0388. The molecule has 8 nitrogen and oxygen atoms in total. The molecule has 0 aliphatic heterocycles. The minimum atomic E-state index is 0.473. The fraction of sp³-hybridized carbons (Fsp3) is 0.467. The Hall–Kier alpha value is -2.16. The van der Waals surface area contributed by atoms with Crippen LogP contribution in [0.4, 0.5) is 0 Å². The van der Waals surface area contributed by atoms with Gasteiger partial charge in [-0.1, -0.05) is 0 Å². The van der Waals surface area contributed by atoms with E-state index in [-0.39, 0.29) is 0 Å². The molecule has 0 saturated heterocycles. The van der Waals surface area contributed by atoms with E-state index in [2.05, 4.69) is 20.4 Å². The zero-order chi connectivity index (χ0) is 16.3. The molecule has 0 fully saturated rings. The predicted octanol–water partition coefficient (Wildman–Crippen LogP) is 0.613. The first-order valence-electron chi connectivity index (χ1n) is 7.42. The van der Waals surface area contributed by atoms with Crippen molar-refractivity contribution in [2.45, 2.75) is 6.92 Å². The number of rotatable bonds is 10. The van der Waals surface area contributed by atoms with Crippen LogP contribution in [0.5, 0.6) is 5.75 Å². The maximum Gasteiger partial charge on any atom is 0.203 e. The molecule has 2 N–H and O–H groups in total. The lowest BCUT2D eigenvalue weighted by Crippen LogP contribution is -2.14. The smallest absolute Gasteiger partial charge is 0.203 e. The lowest BCUT2D eigenvalue weighted by atomic mass is 10.2. The minimum absolute atomic E-state index is 0.473. The highest BCUT2D eigenvalue weighted by Crippen LogP contribution is 2.18. The van der Waals surface area contributed by atoms with Gasteiger partial charge in [-0.25, -0.2) is 0 Å². The Labute approximate surface area is 135 Å². The molecule has 1 aromatic heterocycles. The average molecular weight is 319 g/mol. The Kier molecular flexibility index (Phi) is 7.31. The molecule has 1 heterocycles. The normalized spacial score (nSPS) is 10.7. The Balaban J connectivity index is 1.68. The number of ether oxygens (including phenoxy) is 3. The maximum absolute atomic E-state index is 5.59. The molecule has 0 spiro atoms. The summed E-state index contributed by atoms with van der Waals surface area (Å²) in [7, 11) is 0. The first kappa shape index (κ1) is 17.2. The molecule has 8 heteroatoms. The van der Waals surface area contributed by atoms with Gasteiger partial charge in [-0.3, -0.25) is 0 Å². The summed E-state index contributed by atoms with van der Waals surface area (Å²) in [6, 6.07) is 7.43. The summed E-state index contributed by atoms with van der Waals surface area (Å²) in [6.45, 7) is 4.88. The van der Waals surface area contributed by atoms with E-state index >= 15 is 0 Å². The lowest BCUT2D eigenvalue weighted by Gasteiger charge is -2.08. The number of aromatic nitrogens is 4. The SMILES string of the molecule is Cc1nnc(-c2ccc(OCCOCCOCCN)cc2)nn1. The minimum Gasteiger partial charge on any atom is -0.491 e. The zero-order valence-electron chi connectivity index (χ0n) is 13.1. The van der Waals surface area contributed by atoms with Gasteiger partial charge < -0.3 is 19.9 Å². The second-order valence-corrected chi connectivity index (χ2v) is 4.66. The van der Waals surface area contributed by atoms with Crippen molar-refractivity contribution in [3.05, 3.63) is 30.1 Å². The molecule has 1 aromatic carbocycles. The van der Waals surface area contributed by atoms with Crippen LogP contribution in [0, 0.1) is 6.92 Å². The van der Waals surface area contributed by atoms with E-state index in [1.165, 1.54) is 0 Å². The molecule has 0 radical (unpaired) electrons. The van der Waals surface area contributed by atoms with Gasteiger partial charge in [0.05, 0.1) is 26.4 Å². The van der Waals surface area contributed by atoms with E-state index < -0.39 is 0 Å². The number of nitrogens with zero attached hydrogens (tertiary/aromatic N) is 4. The van der Waals surface area contributed by atoms with Crippen molar-refractivity contribution in [3.63, 3.8) is 0 Å². The quantitative estimate of drug-likeness (QED) is 0.635. The molecule has 0 unspecified atom stereocenters. The van der Waals surface area contributed by atoms with Crippen LogP contribution in [0.15, 0.2) is 24.3 Å². The molecule has 0 atom stereocenters. The van der Waals surface area contributed by atoms with Crippen LogP contribution in [0.3, 0.4) is 0 Å². The third-order valence-corrected chi connectivity index (χ3v) is 2.82. The van der Waals surface area contributed by atoms with Gasteiger partial charge in [0, 0.05) is 12.1 Å². The van der Waals surface area contributed by atoms with Crippen LogP contribution in [-0.2, 0) is 9.47 Å². The van der Waals surface area contributed by atoms with Gasteiger partial charge in [0.1, 0.15) is 12.4 Å². The second-order valence-electron chi connectivity index (χ2n) is 4.66. The van der Waals surface area contributed by atoms with Gasteiger partial charge in [0.2, 0.25) is 5.82 Å². The summed E-state index contributed by atoms with van der Waals surface area (Å²) < 4.78 is 16.2. The number of nitrogens with two attached hydrogens (primary N) is 1. The monoisotopic (exact) mass is 319 g/mol. The van der Waals surface area contributed by atoms with Gasteiger partial charge in [-0.15, -0.1) is 20.4 Å². The van der Waals surface area contributed by atoms with Gasteiger partial charge in [-0.05, 0) is 31.2 Å². The molecule has 0 saturated carbocycles. The Bertz CT molecular complexity index is 562. The van der Waals surface area contributed by atoms with Gasteiger partial charge in [0.15, 0.2) is 5.82 Å². The summed E-state index contributed by atoms with van der Waals surface area (Å²) >= 11 is 0. The predicted molar refractivity (Wildman–Crippen MR) is 84.0 cm³/mol. The van der Waals surface area contributed by atoms with Crippen molar-refractivity contribution in [2.75, 3.05) is 39.6 Å². The van der Waals surface area contributed by atoms with Crippen LogP contribution >= 0.6 is 0 Å². The number of aryl methyl sites for hydroxylation is 1. The summed E-state index contributed by atoms with van der Waals surface area (Å²) in [6.07, 6.45) is 0. The third-order valence-electron chi connectivity index (χ3n) is 2.82. The van der Waals surface area contributed by atoms with E-state index in [0.29, 0.717) is 51.2 Å². The van der Waals surface area contributed by atoms with Crippen molar-refractivity contribution in [2.24, 2.45) is 5.73 Å². The van der Waals surface area contributed by atoms with Crippen molar-refractivity contribution in [1.29, 1.82) is 0 Å². The fourth-order valence-electron chi connectivity index (χ4n) is 1.72. The second kappa shape index (κ2) is 9.78. The van der Waals surface area contributed by atoms with E-state index in [0.717, 1.165) is 11.3 Å². The molecule has 124 valence electrons. The summed E-state index contributed by atoms with van der Waals surface area (Å²) in [5.74, 6) is 1.79. The van der Waals surface area contributed by atoms with Crippen molar-refractivity contribution in [3.8, 4) is 17.1 Å². The van der Waals surface area contributed by atoms with E-state index in [9.17, 15) is 0 Å². The number of hydrogen-bond donors (Lipinski definition) is 1. The van der Waals surface area contributed by atoms with E-state index in [1.54, 1.807) is 6.92 Å². The Morgan fingerprint density at radius 3 is 2.09 bits per heavy atom. The zero-order valence-corrected chi connectivity index (χ0v) is 13.1. The standard InChI is InChI=1S/C15H21N5O3/c1-12-17-19-15(20-18-12)13-2-4-14(5-3-13)23-11-10-22-9-8-21-7-6-16/h2-5H,6-11,16H2,1H3. The van der Waals surface area contributed by atoms with Crippen LogP contribution in [0.1, 0.15) is 5.82 Å². The first-order chi connectivity index (χ1) is 11.3. The third kappa shape index (κ3) is 6.23. The van der Waals surface area contributed by atoms with Crippen LogP contribution in [0.2, 0.25) is 0 Å². The molecule has 0 aliphatic rings. The summed E-state index contributed by atoms with van der Waals surface area (Å²) in [5.41, 5.74) is 6.15. The van der Waals surface area contributed by atoms with E-state index in [4.69, 9.17) is 19.9 Å². The highest BCUT2D eigenvalue weighted by Gasteiger charge is 2.03. The van der Waals surface area contributed by atoms with Crippen molar-refractivity contribution < 1.29 is 14.2 Å². The van der Waals surface area contributed by atoms with Gasteiger partial charge >= 0.3 is 0 Å².